The Bertz CT molecular complexity index is 780. The van der Waals surface area contributed by atoms with Gasteiger partial charge in [-0.1, -0.05) is 12.1 Å². The van der Waals surface area contributed by atoms with Gasteiger partial charge in [0.1, 0.15) is 12.0 Å². The minimum atomic E-state index is -3.07. The molecule has 0 fully saturated rings. The van der Waals surface area contributed by atoms with E-state index < -0.39 is 18.5 Å². The largest absolute Gasteiger partial charge is 0.335 e. The Morgan fingerprint density at radius 2 is 2.00 bits per heavy atom. The van der Waals surface area contributed by atoms with Crippen molar-refractivity contribution in [3.05, 3.63) is 53.7 Å². The molecule has 1 aliphatic heterocycles. The summed E-state index contributed by atoms with van der Waals surface area (Å²) in [7, 11) is 1.79. The maximum atomic E-state index is 12.2. The van der Waals surface area contributed by atoms with E-state index in [1.807, 2.05) is 4.90 Å². The van der Waals surface area contributed by atoms with Gasteiger partial charge in [-0.25, -0.2) is 4.98 Å². The van der Waals surface area contributed by atoms with E-state index in [-0.39, 0.29) is 11.6 Å². The fourth-order valence-electron chi connectivity index (χ4n) is 2.53. The second kappa shape index (κ2) is 6.23. The first-order valence-electron chi connectivity index (χ1n) is 7.15. The van der Waals surface area contributed by atoms with Crippen molar-refractivity contribution >= 4 is 23.3 Å². The highest BCUT2D eigenvalue weighted by atomic mass is 19.3. The van der Waals surface area contributed by atoms with Crippen molar-refractivity contribution in [1.82, 2.24) is 10.3 Å². The summed E-state index contributed by atoms with van der Waals surface area (Å²) in [6.45, 7) is 0. The molecule has 1 aromatic carbocycles. The van der Waals surface area contributed by atoms with Crippen LogP contribution in [0.15, 0.2) is 42.6 Å². The van der Waals surface area contributed by atoms with Crippen molar-refractivity contribution < 1.29 is 18.4 Å². The minimum Gasteiger partial charge on any atom is -0.335 e. The number of benzene rings is 1. The number of nitrogens with one attached hydrogen (secondary N) is 2. The lowest BCUT2D eigenvalue weighted by atomic mass is 10.1. The number of halogens is 2. The van der Waals surface area contributed by atoms with Gasteiger partial charge in [0.2, 0.25) is 0 Å². The van der Waals surface area contributed by atoms with E-state index in [2.05, 4.69) is 15.6 Å². The van der Waals surface area contributed by atoms with Crippen LogP contribution in [-0.4, -0.2) is 30.3 Å². The molecule has 0 bridgehead atoms. The van der Waals surface area contributed by atoms with Crippen molar-refractivity contribution in [2.24, 2.45) is 0 Å². The van der Waals surface area contributed by atoms with Gasteiger partial charge in [-0.05, 0) is 29.8 Å². The smallest absolute Gasteiger partial charge is 0.315 e. The summed E-state index contributed by atoms with van der Waals surface area (Å²) in [5, 5.41) is 4.96. The van der Waals surface area contributed by atoms with Gasteiger partial charge < -0.3 is 15.5 Å². The van der Waals surface area contributed by atoms with Gasteiger partial charge in [-0.3, -0.25) is 9.59 Å². The number of aromatic nitrogens is 1. The van der Waals surface area contributed by atoms with Crippen LogP contribution in [0.1, 0.15) is 22.1 Å². The first-order chi connectivity index (χ1) is 11.5. The van der Waals surface area contributed by atoms with Crippen molar-refractivity contribution in [1.29, 1.82) is 0 Å². The molecule has 1 aromatic heterocycles. The van der Waals surface area contributed by atoms with Crippen LogP contribution in [0.25, 0.3) is 0 Å². The van der Waals surface area contributed by atoms with Crippen LogP contribution >= 0.6 is 0 Å². The fourth-order valence-corrected chi connectivity index (χ4v) is 2.53. The highest BCUT2D eigenvalue weighted by Crippen LogP contribution is 2.30. The molecule has 0 spiro atoms. The first kappa shape index (κ1) is 15.9. The van der Waals surface area contributed by atoms with Crippen LogP contribution < -0.4 is 15.5 Å². The molecule has 0 aliphatic carbocycles. The summed E-state index contributed by atoms with van der Waals surface area (Å²) in [4.78, 5) is 29.2. The maximum Gasteiger partial charge on any atom is 0.315 e. The molecular weight excluding hydrogens is 318 g/mol. The lowest BCUT2D eigenvalue weighted by molar-refractivity contribution is -0.126. The van der Waals surface area contributed by atoms with Crippen molar-refractivity contribution in [2.75, 3.05) is 17.3 Å². The number of amides is 2. The second-order valence-corrected chi connectivity index (χ2v) is 5.27. The van der Waals surface area contributed by atoms with Crippen LogP contribution in [0.4, 0.5) is 20.3 Å². The molecule has 0 radical (unpaired) electrons. The predicted octanol–water partition coefficient (Wildman–Crippen LogP) is 2.16. The molecule has 2 N–H and O–H groups in total. The Morgan fingerprint density at radius 1 is 1.29 bits per heavy atom. The van der Waals surface area contributed by atoms with E-state index in [0.717, 1.165) is 5.56 Å². The third-order valence-corrected chi connectivity index (χ3v) is 3.71. The molecule has 0 unspecified atom stereocenters. The zero-order valence-electron chi connectivity index (χ0n) is 12.7. The lowest BCUT2D eigenvalue weighted by Crippen LogP contribution is -2.45. The highest BCUT2D eigenvalue weighted by molar-refractivity contribution is 6.01. The molecule has 24 heavy (non-hydrogen) atoms. The van der Waals surface area contributed by atoms with Crippen LogP contribution in [0.2, 0.25) is 0 Å². The van der Waals surface area contributed by atoms with Crippen LogP contribution in [-0.2, 0) is 4.79 Å². The third kappa shape index (κ3) is 2.90. The van der Waals surface area contributed by atoms with Crippen LogP contribution in [0.3, 0.4) is 0 Å². The summed E-state index contributed by atoms with van der Waals surface area (Å²) in [5.74, 6) is -1.04. The van der Waals surface area contributed by atoms with E-state index >= 15 is 0 Å². The number of pyridine rings is 1. The number of alkyl halides is 2. The summed E-state index contributed by atoms with van der Waals surface area (Å²) in [6, 6.07) is 9.68. The summed E-state index contributed by atoms with van der Waals surface area (Å²) in [5.41, 5.74) is 1.47. The minimum absolute atomic E-state index is 0.240. The Morgan fingerprint density at radius 3 is 2.67 bits per heavy atom. The number of rotatable bonds is 3. The van der Waals surface area contributed by atoms with Gasteiger partial charge in [0.15, 0.2) is 0 Å². The van der Waals surface area contributed by atoms with Gasteiger partial charge in [-0.15, -0.1) is 0 Å². The monoisotopic (exact) mass is 332 g/mol. The standard InChI is InChI=1S/C16H14F2N4O2/c1-22-13(21-15(23)11-3-2-8-19-14(11)22)9-4-6-10(7-5-9)20-16(24)12(17)18/h2-8,12-13H,1H3,(H,20,24)(H,21,23)/t13-/m1/s1. The number of carbonyl (C=O) groups excluding carboxylic acids is 2. The summed E-state index contributed by atoms with van der Waals surface area (Å²) < 4.78 is 24.5. The molecule has 8 heteroatoms. The fraction of sp³-hybridized carbons (Fsp3) is 0.188. The normalized spacial score (nSPS) is 16.6. The quantitative estimate of drug-likeness (QED) is 0.903. The Labute approximate surface area is 136 Å². The molecule has 3 rings (SSSR count). The molecule has 2 amide bonds. The van der Waals surface area contributed by atoms with Gasteiger partial charge >= 0.3 is 6.43 Å². The summed E-state index contributed by atoms with van der Waals surface area (Å²) >= 11 is 0. The van der Waals surface area contributed by atoms with E-state index in [0.29, 0.717) is 11.4 Å². The second-order valence-electron chi connectivity index (χ2n) is 5.27. The Kier molecular flexibility index (Phi) is 4.11. The molecule has 2 aromatic rings. The SMILES string of the molecule is CN1c2ncccc2C(=O)N[C@H]1c1ccc(NC(=O)C(F)F)cc1. The van der Waals surface area contributed by atoms with Gasteiger partial charge in [0.05, 0.1) is 5.56 Å². The molecule has 0 saturated heterocycles. The average molecular weight is 332 g/mol. The van der Waals surface area contributed by atoms with E-state index in [4.69, 9.17) is 0 Å². The van der Waals surface area contributed by atoms with Crippen LogP contribution in [0.5, 0.6) is 0 Å². The molecule has 6 nitrogen and oxygen atoms in total. The maximum absolute atomic E-state index is 12.2. The Balaban J connectivity index is 1.83. The molecule has 2 heterocycles. The first-order valence-corrected chi connectivity index (χ1v) is 7.15. The lowest BCUT2D eigenvalue weighted by Gasteiger charge is -2.35. The van der Waals surface area contributed by atoms with Crippen molar-refractivity contribution in [3.8, 4) is 0 Å². The number of carbonyl (C=O) groups is 2. The zero-order chi connectivity index (χ0) is 17.3. The number of nitrogens with zero attached hydrogens (tertiary/aromatic N) is 2. The average Bonchev–Trinajstić information content (AvgIpc) is 2.59. The molecular formula is C16H14F2N4O2. The van der Waals surface area contributed by atoms with E-state index in [1.165, 1.54) is 12.1 Å². The van der Waals surface area contributed by atoms with Crippen molar-refractivity contribution in [3.63, 3.8) is 0 Å². The number of anilines is 2. The molecule has 1 atom stereocenters. The van der Waals surface area contributed by atoms with Gasteiger partial charge in [-0.2, -0.15) is 8.78 Å². The molecule has 1 aliphatic rings. The number of fused-ring (bicyclic) bond motifs is 1. The molecule has 124 valence electrons. The van der Waals surface area contributed by atoms with Crippen LogP contribution in [0, 0.1) is 0 Å². The Hall–Kier alpha value is -3.03. The van der Waals surface area contributed by atoms with Crippen molar-refractivity contribution in [2.45, 2.75) is 12.6 Å². The molecule has 0 saturated carbocycles. The summed E-state index contributed by atoms with van der Waals surface area (Å²) in [6.07, 6.45) is -1.91. The third-order valence-electron chi connectivity index (χ3n) is 3.71. The highest BCUT2D eigenvalue weighted by Gasteiger charge is 2.30. The van der Waals surface area contributed by atoms with Gasteiger partial charge in [0, 0.05) is 18.9 Å². The van der Waals surface area contributed by atoms with Gasteiger partial charge in [0.25, 0.3) is 11.8 Å². The zero-order valence-corrected chi connectivity index (χ0v) is 12.7. The number of hydrogen-bond donors (Lipinski definition) is 2. The van der Waals surface area contributed by atoms with E-state index in [9.17, 15) is 18.4 Å². The predicted molar refractivity (Wildman–Crippen MR) is 83.9 cm³/mol. The van der Waals surface area contributed by atoms with E-state index in [1.54, 1.807) is 37.5 Å². The topological polar surface area (TPSA) is 74.3 Å². The number of hydrogen-bond acceptors (Lipinski definition) is 4.